The molecule has 0 aliphatic carbocycles. The van der Waals surface area contributed by atoms with Crippen LogP contribution in [-0.2, 0) is 0 Å². The zero-order chi connectivity index (χ0) is 10.3. The highest BCUT2D eigenvalue weighted by Crippen LogP contribution is 2.20. The second kappa shape index (κ2) is 3.18. The van der Waals surface area contributed by atoms with Crippen LogP contribution in [-0.4, -0.2) is 15.1 Å². The van der Waals surface area contributed by atoms with Crippen molar-refractivity contribution in [2.24, 2.45) is 0 Å². The lowest BCUT2D eigenvalue weighted by molar-refractivity contribution is 0.189. The zero-order valence-corrected chi connectivity index (χ0v) is 8.68. The van der Waals surface area contributed by atoms with Crippen LogP contribution in [0.2, 0.25) is 0 Å². The monoisotopic (exact) mass is 210 g/mol. The van der Waals surface area contributed by atoms with Crippen molar-refractivity contribution in [1.82, 2.24) is 9.97 Å². The van der Waals surface area contributed by atoms with Gasteiger partial charge in [0, 0.05) is 4.88 Å². The molecule has 74 valence electrons. The van der Waals surface area contributed by atoms with Crippen LogP contribution < -0.4 is 5.56 Å². The number of rotatable bonds is 1. The van der Waals surface area contributed by atoms with E-state index in [2.05, 4.69) is 9.97 Å². The summed E-state index contributed by atoms with van der Waals surface area (Å²) in [6, 6.07) is 1.80. The molecule has 2 N–H and O–H groups in total. The number of nitrogens with one attached hydrogen (secondary N) is 1. The molecule has 0 spiro atoms. The Hall–Kier alpha value is -1.20. The van der Waals surface area contributed by atoms with Crippen molar-refractivity contribution in [3.8, 4) is 0 Å². The van der Waals surface area contributed by atoms with Crippen LogP contribution in [0.4, 0.5) is 0 Å². The molecule has 2 aromatic heterocycles. The average Bonchev–Trinajstić information content (AvgIpc) is 2.45. The largest absolute Gasteiger partial charge is 0.385 e. The molecule has 0 aliphatic heterocycles. The molecule has 5 heteroatoms. The molecule has 0 aromatic carbocycles. The van der Waals surface area contributed by atoms with Gasteiger partial charge in [-0.3, -0.25) is 4.79 Å². The summed E-state index contributed by atoms with van der Waals surface area (Å²) >= 11 is 1.46. The summed E-state index contributed by atoms with van der Waals surface area (Å²) in [7, 11) is 0. The predicted octanol–water partition coefficient (Wildman–Crippen LogP) is 1.35. The van der Waals surface area contributed by atoms with Gasteiger partial charge >= 0.3 is 0 Å². The third-order valence-corrected chi connectivity index (χ3v) is 2.88. The molecular formula is C9H10N2O2S. The fourth-order valence-electron chi connectivity index (χ4n) is 1.27. The van der Waals surface area contributed by atoms with Crippen molar-refractivity contribution in [2.75, 3.05) is 0 Å². The van der Waals surface area contributed by atoms with Gasteiger partial charge < -0.3 is 10.1 Å². The molecule has 2 heterocycles. The molecule has 0 bridgehead atoms. The Kier molecular flexibility index (Phi) is 2.13. The van der Waals surface area contributed by atoms with Gasteiger partial charge in [0.05, 0.1) is 5.39 Å². The molecule has 14 heavy (non-hydrogen) atoms. The van der Waals surface area contributed by atoms with E-state index in [4.69, 9.17) is 0 Å². The lowest BCUT2D eigenvalue weighted by Crippen LogP contribution is -2.12. The zero-order valence-electron chi connectivity index (χ0n) is 7.87. The van der Waals surface area contributed by atoms with E-state index < -0.39 is 6.10 Å². The van der Waals surface area contributed by atoms with Gasteiger partial charge in [0.1, 0.15) is 16.8 Å². The highest BCUT2D eigenvalue weighted by Gasteiger charge is 2.09. The minimum atomic E-state index is -0.741. The summed E-state index contributed by atoms with van der Waals surface area (Å²) < 4.78 is 0. The first kappa shape index (κ1) is 9.36. The predicted molar refractivity (Wildman–Crippen MR) is 55.6 cm³/mol. The number of fused-ring (bicyclic) bond motifs is 1. The van der Waals surface area contributed by atoms with Crippen LogP contribution in [0.5, 0.6) is 0 Å². The van der Waals surface area contributed by atoms with Gasteiger partial charge in [-0.15, -0.1) is 11.3 Å². The van der Waals surface area contributed by atoms with Crippen LogP contribution in [0.1, 0.15) is 23.7 Å². The molecule has 2 rings (SSSR count). The minimum Gasteiger partial charge on any atom is -0.385 e. The number of nitrogens with zero attached hydrogens (tertiary/aromatic N) is 1. The quantitative estimate of drug-likeness (QED) is 0.746. The minimum absolute atomic E-state index is 0.185. The van der Waals surface area contributed by atoms with Crippen molar-refractivity contribution in [1.29, 1.82) is 0 Å². The van der Waals surface area contributed by atoms with Crippen molar-refractivity contribution < 1.29 is 5.11 Å². The number of aryl methyl sites for hydroxylation is 1. The van der Waals surface area contributed by atoms with Gasteiger partial charge in [-0.05, 0) is 19.9 Å². The van der Waals surface area contributed by atoms with Crippen LogP contribution in [0, 0.1) is 6.92 Å². The summed E-state index contributed by atoms with van der Waals surface area (Å²) in [5.41, 5.74) is -0.185. The first-order valence-electron chi connectivity index (χ1n) is 4.26. The van der Waals surface area contributed by atoms with Crippen LogP contribution in [0.3, 0.4) is 0 Å². The summed E-state index contributed by atoms with van der Waals surface area (Å²) in [6.45, 7) is 3.50. The smallest absolute Gasteiger partial charge is 0.259 e. The van der Waals surface area contributed by atoms with Crippen molar-refractivity contribution in [2.45, 2.75) is 20.0 Å². The van der Waals surface area contributed by atoms with E-state index >= 15 is 0 Å². The fraction of sp³-hybridized carbons (Fsp3) is 0.333. The standard InChI is InChI=1S/C9H10N2O2S/c1-4-3-6-8(13)10-7(5(2)12)11-9(6)14-4/h3,5,12H,1-2H3,(H,10,11,13). The highest BCUT2D eigenvalue weighted by molar-refractivity contribution is 7.18. The van der Waals surface area contributed by atoms with Gasteiger partial charge in [-0.2, -0.15) is 0 Å². The summed E-state index contributed by atoms with van der Waals surface area (Å²) in [5.74, 6) is 0.323. The van der Waals surface area contributed by atoms with Crippen LogP contribution >= 0.6 is 11.3 Å². The summed E-state index contributed by atoms with van der Waals surface area (Å²) in [6.07, 6.45) is -0.741. The Morgan fingerprint density at radius 1 is 1.64 bits per heavy atom. The van der Waals surface area contributed by atoms with E-state index in [1.807, 2.05) is 6.92 Å². The second-order valence-corrected chi connectivity index (χ2v) is 4.44. The lowest BCUT2D eigenvalue weighted by atomic mass is 10.3. The molecule has 0 radical (unpaired) electrons. The van der Waals surface area contributed by atoms with E-state index in [1.54, 1.807) is 13.0 Å². The molecule has 4 nitrogen and oxygen atoms in total. The van der Waals surface area contributed by atoms with Gasteiger partial charge in [-0.25, -0.2) is 4.98 Å². The number of H-pyrrole nitrogens is 1. The molecule has 0 aliphatic rings. The average molecular weight is 210 g/mol. The maximum absolute atomic E-state index is 11.5. The Bertz CT molecular complexity index is 527. The SMILES string of the molecule is Cc1cc2c(=O)[nH]c(C(C)O)nc2s1. The molecule has 0 saturated heterocycles. The normalized spacial score (nSPS) is 13.4. The molecular weight excluding hydrogens is 200 g/mol. The van der Waals surface area contributed by atoms with E-state index in [1.165, 1.54) is 11.3 Å². The lowest BCUT2D eigenvalue weighted by Gasteiger charge is -2.01. The summed E-state index contributed by atoms with van der Waals surface area (Å²) in [4.78, 5) is 20.0. The second-order valence-electron chi connectivity index (χ2n) is 3.20. The van der Waals surface area contributed by atoms with E-state index in [0.29, 0.717) is 16.0 Å². The molecule has 0 saturated carbocycles. The van der Waals surface area contributed by atoms with Gasteiger partial charge in [-0.1, -0.05) is 0 Å². The fourth-order valence-corrected chi connectivity index (χ4v) is 2.15. The number of aromatic nitrogens is 2. The first-order valence-corrected chi connectivity index (χ1v) is 5.08. The van der Waals surface area contributed by atoms with Gasteiger partial charge in [0.15, 0.2) is 0 Å². The van der Waals surface area contributed by atoms with Crippen molar-refractivity contribution in [3.63, 3.8) is 0 Å². The Balaban J connectivity index is 2.78. The maximum Gasteiger partial charge on any atom is 0.259 e. The number of aromatic amines is 1. The summed E-state index contributed by atoms with van der Waals surface area (Å²) in [5, 5.41) is 9.88. The number of aliphatic hydroxyl groups is 1. The third kappa shape index (κ3) is 1.44. The highest BCUT2D eigenvalue weighted by atomic mass is 32.1. The van der Waals surface area contributed by atoms with Crippen LogP contribution in [0.15, 0.2) is 10.9 Å². The van der Waals surface area contributed by atoms with E-state index in [0.717, 1.165) is 4.88 Å². The van der Waals surface area contributed by atoms with Crippen molar-refractivity contribution in [3.05, 3.63) is 27.1 Å². The van der Waals surface area contributed by atoms with E-state index in [-0.39, 0.29) is 5.56 Å². The topological polar surface area (TPSA) is 66.0 Å². The number of aliphatic hydroxyl groups excluding tert-OH is 1. The third-order valence-electron chi connectivity index (χ3n) is 1.94. The molecule has 2 aromatic rings. The van der Waals surface area contributed by atoms with Gasteiger partial charge in [0.25, 0.3) is 5.56 Å². The maximum atomic E-state index is 11.5. The number of hydrogen-bond acceptors (Lipinski definition) is 4. The van der Waals surface area contributed by atoms with Gasteiger partial charge in [0.2, 0.25) is 0 Å². The first-order chi connectivity index (χ1) is 6.58. The van der Waals surface area contributed by atoms with Crippen molar-refractivity contribution >= 4 is 21.6 Å². The van der Waals surface area contributed by atoms with E-state index in [9.17, 15) is 9.90 Å². The molecule has 0 amide bonds. The Labute approximate surface area is 84.2 Å². The molecule has 1 atom stereocenters. The Morgan fingerprint density at radius 3 is 3.00 bits per heavy atom. The van der Waals surface area contributed by atoms with Crippen LogP contribution in [0.25, 0.3) is 10.2 Å². The molecule has 0 fully saturated rings. The Morgan fingerprint density at radius 2 is 2.36 bits per heavy atom. The number of thiophene rings is 1. The molecule has 1 unspecified atom stereocenters. The number of hydrogen-bond donors (Lipinski definition) is 2.